The second-order valence-electron chi connectivity index (χ2n) is 4.32. The second kappa shape index (κ2) is 6.19. The van der Waals surface area contributed by atoms with Crippen LogP contribution in [0.25, 0.3) is 10.8 Å². The van der Waals surface area contributed by atoms with Gasteiger partial charge >= 0.3 is 11.6 Å². The number of hydrogen-bond donors (Lipinski definition) is 3. The van der Waals surface area contributed by atoms with E-state index in [-0.39, 0.29) is 16.1 Å². The van der Waals surface area contributed by atoms with E-state index in [1.807, 2.05) is 6.92 Å². The van der Waals surface area contributed by atoms with Crippen LogP contribution in [0.3, 0.4) is 0 Å². The standard InChI is InChI=1S/C13H14ClN3O3S/c1-2-9(17-13(16)21)19-12-10(14)7-4-3-6(15)5-8(7)11(18)20-12/h3-5,9H,2,15H2,1H3,(H3,16,17,21). The molecule has 1 heterocycles. The fraction of sp³-hybridized carbons (Fsp3) is 0.231. The first-order valence-corrected chi connectivity index (χ1v) is 6.95. The molecule has 0 saturated carbocycles. The molecule has 0 spiro atoms. The molecule has 1 aromatic heterocycles. The first-order valence-electron chi connectivity index (χ1n) is 6.16. The third kappa shape index (κ3) is 3.37. The Morgan fingerprint density at radius 3 is 2.86 bits per heavy atom. The fourth-order valence-corrected chi connectivity index (χ4v) is 2.17. The van der Waals surface area contributed by atoms with Crippen molar-refractivity contribution in [3.05, 3.63) is 33.6 Å². The second-order valence-corrected chi connectivity index (χ2v) is 5.14. The van der Waals surface area contributed by atoms with Crippen LogP contribution in [-0.2, 0) is 0 Å². The van der Waals surface area contributed by atoms with Crippen LogP contribution in [0, 0.1) is 0 Å². The smallest absolute Gasteiger partial charge is 0.346 e. The van der Waals surface area contributed by atoms with E-state index < -0.39 is 11.9 Å². The lowest BCUT2D eigenvalue weighted by Gasteiger charge is -2.18. The van der Waals surface area contributed by atoms with Crippen molar-refractivity contribution in [1.29, 1.82) is 0 Å². The Morgan fingerprint density at radius 1 is 1.52 bits per heavy atom. The molecular formula is C13H14ClN3O3S. The van der Waals surface area contributed by atoms with Crippen LogP contribution in [0.15, 0.2) is 27.4 Å². The molecule has 0 fully saturated rings. The average molecular weight is 328 g/mol. The molecule has 1 aromatic carbocycles. The predicted octanol–water partition coefficient (Wildman–Crippen LogP) is 1.98. The largest absolute Gasteiger partial charge is 0.440 e. The number of halogens is 1. The Bertz CT molecular complexity index is 747. The predicted molar refractivity (Wildman–Crippen MR) is 86.5 cm³/mol. The zero-order chi connectivity index (χ0) is 15.6. The van der Waals surface area contributed by atoms with Gasteiger partial charge in [-0.3, -0.25) is 0 Å². The van der Waals surface area contributed by atoms with Gasteiger partial charge in [-0.2, -0.15) is 0 Å². The van der Waals surface area contributed by atoms with E-state index in [0.717, 1.165) is 0 Å². The number of fused-ring (bicyclic) bond motifs is 1. The van der Waals surface area contributed by atoms with Crippen molar-refractivity contribution in [1.82, 2.24) is 5.32 Å². The van der Waals surface area contributed by atoms with Gasteiger partial charge < -0.3 is 25.9 Å². The van der Waals surface area contributed by atoms with Gasteiger partial charge in [0.2, 0.25) is 0 Å². The first kappa shape index (κ1) is 15.4. The minimum atomic E-state index is -0.582. The van der Waals surface area contributed by atoms with Crippen LogP contribution in [0.1, 0.15) is 13.3 Å². The third-order valence-electron chi connectivity index (χ3n) is 2.79. The average Bonchev–Trinajstić information content (AvgIpc) is 2.43. The normalized spacial score (nSPS) is 12.1. The summed E-state index contributed by atoms with van der Waals surface area (Å²) in [6.45, 7) is 1.85. The van der Waals surface area contributed by atoms with Crippen LogP contribution in [-0.4, -0.2) is 11.3 Å². The highest BCUT2D eigenvalue weighted by atomic mass is 35.5. The van der Waals surface area contributed by atoms with E-state index in [1.54, 1.807) is 12.1 Å². The molecule has 1 unspecified atom stereocenters. The molecule has 0 saturated heterocycles. The summed E-state index contributed by atoms with van der Waals surface area (Å²) in [6.07, 6.45) is -0.00803. The molecule has 0 bridgehead atoms. The van der Waals surface area contributed by atoms with Crippen LogP contribution >= 0.6 is 23.8 Å². The van der Waals surface area contributed by atoms with Crippen molar-refractivity contribution < 1.29 is 9.15 Å². The van der Waals surface area contributed by atoms with Crippen LogP contribution in [0.4, 0.5) is 5.69 Å². The molecule has 0 aliphatic carbocycles. The minimum Gasteiger partial charge on any atom is -0.440 e. The van der Waals surface area contributed by atoms with Gasteiger partial charge in [0, 0.05) is 17.5 Å². The highest BCUT2D eigenvalue weighted by Crippen LogP contribution is 2.32. The zero-order valence-corrected chi connectivity index (χ0v) is 12.8. The highest BCUT2D eigenvalue weighted by molar-refractivity contribution is 7.80. The summed E-state index contributed by atoms with van der Waals surface area (Å²) in [7, 11) is 0. The van der Waals surface area contributed by atoms with Gasteiger partial charge in [0.05, 0.1) is 5.39 Å². The molecule has 8 heteroatoms. The number of nitrogen functional groups attached to an aromatic ring is 1. The molecule has 6 nitrogen and oxygen atoms in total. The Labute approximate surface area is 131 Å². The van der Waals surface area contributed by atoms with Gasteiger partial charge in [-0.05, 0) is 24.4 Å². The molecule has 21 heavy (non-hydrogen) atoms. The molecule has 0 aliphatic rings. The molecule has 5 N–H and O–H groups in total. The lowest BCUT2D eigenvalue weighted by atomic mass is 10.1. The molecule has 2 rings (SSSR count). The van der Waals surface area contributed by atoms with Gasteiger partial charge in [-0.1, -0.05) is 24.6 Å². The van der Waals surface area contributed by atoms with E-state index in [4.69, 9.17) is 44.4 Å². The number of anilines is 1. The van der Waals surface area contributed by atoms with Crippen molar-refractivity contribution in [3.63, 3.8) is 0 Å². The van der Waals surface area contributed by atoms with E-state index in [2.05, 4.69) is 5.32 Å². The van der Waals surface area contributed by atoms with E-state index in [9.17, 15) is 4.79 Å². The van der Waals surface area contributed by atoms with E-state index in [0.29, 0.717) is 22.9 Å². The molecule has 0 aliphatic heterocycles. The Morgan fingerprint density at radius 2 is 2.24 bits per heavy atom. The summed E-state index contributed by atoms with van der Waals surface area (Å²) in [5, 5.41) is 3.79. The number of nitrogens with one attached hydrogen (secondary N) is 1. The van der Waals surface area contributed by atoms with Crippen LogP contribution in [0.5, 0.6) is 5.95 Å². The maximum Gasteiger partial charge on any atom is 0.346 e. The molecular weight excluding hydrogens is 314 g/mol. The van der Waals surface area contributed by atoms with Gasteiger partial charge in [0.25, 0.3) is 0 Å². The monoisotopic (exact) mass is 327 g/mol. The maximum absolute atomic E-state index is 12.0. The Kier molecular flexibility index (Phi) is 4.54. The number of rotatable bonds is 4. The number of thiocarbonyl (C=S) groups is 1. The lowest BCUT2D eigenvalue weighted by Crippen LogP contribution is -2.41. The van der Waals surface area contributed by atoms with Crippen molar-refractivity contribution in [2.24, 2.45) is 5.73 Å². The molecule has 2 aromatic rings. The highest BCUT2D eigenvalue weighted by Gasteiger charge is 2.17. The van der Waals surface area contributed by atoms with Crippen molar-refractivity contribution in [2.45, 2.75) is 19.6 Å². The number of benzene rings is 1. The maximum atomic E-state index is 12.0. The summed E-state index contributed by atoms with van der Waals surface area (Å²) in [5.74, 6) is -0.0884. The van der Waals surface area contributed by atoms with E-state index in [1.165, 1.54) is 6.07 Å². The third-order valence-corrected chi connectivity index (χ3v) is 3.26. The van der Waals surface area contributed by atoms with Crippen molar-refractivity contribution in [2.75, 3.05) is 5.73 Å². The summed E-state index contributed by atoms with van der Waals surface area (Å²) < 4.78 is 10.6. The SMILES string of the molecule is CCC(NC(N)=S)Oc1oc(=O)c2cc(N)ccc2c1Cl. The molecule has 0 radical (unpaired) electrons. The van der Waals surface area contributed by atoms with E-state index >= 15 is 0 Å². The van der Waals surface area contributed by atoms with Gasteiger partial charge in [0.1, 0.15) is 5.02 Å². The zero-order valence-electron chi connectivity index (χ0n) is 11.2. The topological polar surface area (TPSA) is 104 Å². The van der Waals surface area contributed by atoms with Gasteiger partial charge in [-0.15, -0.1) is 0 Å². The summed E-state index contributed by atoms with van der Waals surface area (Å²) in [5.41, 5.74) is 10.9. The number of nitrogens with two attached hydrogens (primary N) is 2. The fourth-order valence-electron chi connectivity index (χ4n) is 1.79. The summed E-state index contributed by atoms with van der Waals surface area (Å²) >= 11 is 11.0. The van der Waals surface area contributed by atoms with Crippen LogP contribution in [0.2, 0.25) is 5.02 Å². The number of ether oxygens (including phenoxy) is 1. The number of hydrogen-bond acceptors (Lipinski definition) is 5. The van der Waals surface area contributed by atoms with Gasteiger partial charge in [0.15, 0.2) is 11.3 Å². The first-order chi connectivity index (χ1) is 9.92. The van der Waals surface area contributed by atoms with Crippen molar-refractivity contribution >= 4 is 45.4 Å². The Hall–Kier alpha value is -1.99. The molecule has 0 amide bonds. The summed E-state index contributed by atoms with van der Waals surface area (Å²) in [6, 6.07) is 4.78. The Balaban J connectivity index is 2.46. The molecule has 112 valence electrons. The summed E-state index contributed by atoms with van der Waals surface area (Å²) in [4.78, 5) is 12.0. The van der Waals surface area contributed by atoms with Crippen molar-refractivity contribution in [3.8, 4) is 5.95 Å². The quantitative estimate of drug-likeness (QED) is 0.448. The molecule has 1 atom stereocenters. The minimum absolute atomic E-state index is 0.0777. The van der Waals surface area contributed by atoms with Crippen LogP contribution < -0.4 is 27.1 Å². The lowest BCUT2D eigenvalue weighted by molar-refractivity contribution is 0.135. The van der Waals surface area contributed by atoms with Gasteiger partial charge in [-0.25, -0.2) is 4.79 Å².